The largest absolute Gasteiger partial charge is 0.479 e. The number of ether oxygens (including phenoxy) is 1. The lowest BCUT2D eigenvalue weighted by Crippen LogP contribution is -2.50. The zero-order valence-electron chi connectivity index (χ0n) is 14.8. The van der Waals surface area contributed by atoms with Gasteiger partial charge in [0.05, 0.1) is 5.02 Å². The molecule has 140 valence electrons. The predicted octanol–water partition coefficient (Wildman–Crippen LogP) is 2.34. The Morgan fingerprint density at radius 2 is 2.04 bits per heavy atom. The van der Waals surface area contributed by atoms with Crippen LogP contribution in [0.5, 0.6) is 5.75 Å². The van der Waals surface area contributed by atoms with Gasteiger partial charge in [0, 0.05) is 45.3 Å². The van der Waals surface area contributed by atoms with E-state index in [1.165, 1.54) is 0 Å². The molecule has 5 nitrogen and oxygen atoms in total. The summed E-state index contributed by atoms with van der Waals surface area (Å²) >= 11 is 6.17. The number of carbonyl (C=O) groups is 1. The summed E-state index contributed by atoms with van der Waals surface area (Å²) in [5.41, 5.74) is 1.06. The van der Waals surface area contributed by atoms with E-state index < -0.39 is 6.10 Å². The first-order valence-electron chi connectivity index (χ1n) is 8.71. The van der Waals surface area contributed by atoms with Crippen molar-refractivity contribution in [2.45, 2.75) is 32.4 Å². The van der Waals surface area contributed by atoms with Crippen LogP contribution in [0.4, 0.5) is 0 Å². The number of likely N-dealkylation sites (tertiary alicyclic amines) is 1. The Morgan fingerprint density at radius 1 is 1.32 bits per heavy atom. The van der Waals surface area contributed by atoms with Gasteiger partial charge in [-0.3, -0.25) is 9.69 Å². The maximum absolute atomic E-state index is 12.7. The molecule has 1 amide bonds. The van der Waals surface area contributed by atoms with Gasteiger partial charge < -0.3 is 15.0 Å². The summed E-state index contributed by atoms with van der Waals surface area (Å²) in [6, 6.07) is 6.09. The third-order valence-corrected chi connectivity index (χ3v) is 5.19. The first kappa shape index (κ1) is 20.3. The first-order valence-corrected chi connectivity index (χ1v) is 9.09. The van der Waals surface area contributed by atoms with Gasteiger partial charge in [0.15, 0.2) is 6.10 Å². The van der Waals surface area contributed by atoms with Gasteiger partial charge in [-0.1, -0.05) is 17.7 Å². The van der Waals surface area contributed by atoms with E-state index in [2.05, 4.69) is 10.2 Å². The average molecular weight is 388 g/mol. The molecule has 0 aliphatic carbocycles. The van der Waals surface area contributed by atoms with Gasteiger partial charge in [-0.15, -0.1) is 12.4 Å². The second-order valence-electron chi connectivity index (χ2n) is 6.71. The van der Waals surface area contributed by atoms with Crippen molar-refractivity contribution in [2.24, 2.45) is 0 Å². The lowest BCUT2D eigenvalue weighted by Gasteiger charge is -2.32. The molecule has 0 spiro atoms. The van der Waals surface area contributed by atoms with E-state index >= 15 is 0 Å². The normalized spacial score (nSPS) is 22.4. The zero-order valence-corrected chi connectivity index (χ0v) is 16.4. The molecule has 3 rings (SSSR count). The highest BCUT2D eigenvalue weighted by Gasteiger charge is 2.33. The van der Waals surface area contributed by atoms with Gasteiger partial charge >= 0.3 is 0 Å². The topological polar surface area (TPSA) is 44.8 Å². The van der Waals surface area contributed by atoms with Crippen LogP contribution in [-0.4, -0.2) is 67.1 Å². The average Bonchev–Trinajstić information content (AvgIpc) is 3.08. The van der Waals surface area contributed by atoms with E-state index in [4.69, 9.17) is 16.3 Å². The number of benzene rings is 1. The highest BCUT2D eigenvalue weighted by molar-refractivity contribution is 6.32. The van der Waals surface area contributed by atoms with Crippen LogP contribution in [0.2, 0.25) is 5.02 Å². The van der Waals surface area contributed by atoms with Crippen LogP contribution in [0.1, 0.15) is 18.9 Å². The maximum atomic E-state index is 12.7. The van der Waals surface area contributed by atoms with E-state index in [0.717, 1.165) is 51.3 Å². The number of aryl methyl sites for hydroxylation is 1. The van der Waals surface area contributed by atoms with Crippen LogP contribution in [-0.2, 0) is 4.79 Å². The number of nitrogens with one attached hydrogen (secondary N) is 1. The highest BCUT2D eigenvalue weighted by atomic mass is 35.5. The zero-order chi connectivity index (χ0) is 17.1. The van der Waals surface area contributed by atoms with E-state index in [1.807, 2.05) is 24.0 Å². The van der Waals surface area contributed by atoms with E-state index in [0.29, 0.717) is 16.8 Å². The Bertz CT molecular complexity index is 594. The minimum atomic E-state index is -0.522. The second kappa shape index (κ2) is 9.08. The monoisotopic (exact) mass is 387 g/mol. The summed E-state index contributed by atoms with van der Waals surface area (Å²) in [5, 5.41) is 3.91. The third-order valence-electron chi connectivity index (χ3n) is 4.88. The molecule has 2 aliphatic heterocycles. The number of amides is 1. The van der Waals surface area contributed by atoms with Gasteiger partial charge in [-0.25, -0.2) is 0 Å². The molecular formula is C18H27Cl2N3O2. The van der Waals surface area contributed by atoms with Gasteiger partial charge in [0.2, 0.25) is 0 Å². The minimum absolute atomic E-state index is 0. The van der Waals surface area contributed by atoms with Crippen molar-refractivity contribution >= 4 is 29.9 Å². The standard InChI is InChI=1S/C18H26ClN3O2.ClH/c1-13-3-4-16(19)17(11-13)24-14(2)18(23)22-8-5-15(12-22)21-9-6-20-7-10-21;/h3-4,11,14-15,20H,5-10,12H2,1-2H3;1H. The van der Waals surface area contributed by atoms with Crippen LogP contribution in [0.15, 0.2) is 18.2 Å². The fraction of sp³-hybridized carbons (Fsp3) is 0.611. The quantitative estimate of drug-likeness (QED) is 0.860. The molecule has 1 N–H and O–H groups in total. The number of piperazine rings is 1. The number of halogens is 2. The van der Waals surface area contributed by atoms with Crippen LogP contribution in [0, 0.1) is 6.92 Å². The van der Waals surface area contributed by atoms with Crippen molar-refractivity contribution in [1.82, 2.24) is 15.1 Å². The molecule has 2 aliphatic rings. The summed E-state index contributed by atoms with van der Waals surface area (Å²) in [6.07, 6.45) is 0.523. The molecule has 2 fully saturated rings. The minimum Gasteiger partial charge on any atom is -0.479 e. The molecule has 2 saturated heterocycles. The molecule has 0 radical (unpaired) electrons. The summed E-state index contributed by atoms with van der Waals surface area (Å²) in [4.78, 5) is 17.1. The molecule has 0 aromatic heterocycles. The van der Waals surface area contributed by atoms with Crippen molar-refractivity contribution in [3.8, 4) is 5.75 Å². The molecule has 0 saturated carbocycles. The number of carbonyl (C=O) groups excluding carboxylic acids is 1. The van der Waals surface area contributed by atoms with Gasteiger partial charge in [-0.05, 0) is 38.0 Å². The molecule has 7 heteroatoms. The Hall–Kier alpha value is -1.01. The predicted molar refractivity (Wildman–Crippen MR) is 103 cm³/mol. The lowest BCUT2D eigenvalue weighted by atomic mass is 10.2. The summed E-state index contributed by atoms with van der Waals surface area (Å²) in [5.74, 6) is 0.626. The number of hydrogen-bond donors (Lipinski definition) is 1. The van der Waals surface area contributed by atoms with Crippen LogP contribution >= 0.6 is 24.0 Å². The van der Waals surface area contributed by atoms with Crippen LogP contribution < -0.4 is 10.1 Å². The fourth-order valence-corrected chi connectivity index (χ4v) is 3.65. The van der Waals surface area contributed by atoms with E-state index in [9.17, 15) is 4.79 Å². The number of hydrogen-bond acceptors (Lipinski definition) is 4. The van der Waals surface area contributed by atoms with Crippen molar-refractivity contribution in [3.63, 3.8) is 0 Å². The van der Waals surface area contributed by atoms with Crippen molar-refractivity contribution in [1.29, 1.82) is 0 Å². The molecule has 0 bridgehead atoms. The SMILES string of the molecule is Cc1ccc(Cl)c(OC(C)C(=O)N2CCC(N3CCNCC3)C2)c1.Cl. The third kappa shape index (κ3) is 5.00. The van der Waals surface area contributed by atoms with Gasteiger partial charge in [-0.2, -0.15) is 0 Å². The molecular weight excluding hydrogens is 361 g/mol. The number of rotatable bonds is 4. The van der Waals surface area contributed by atoms with E-state index in [-0.39, 0.29) is 18.3 Å². The maximum Gasteiger partial charge on any atom is 0.263 e. The van der Waals surface area contributed by atoms with Crippen molar-refractivity contribution in [2.75, 3.05) is 39.3 Å². The molecule has 2 atom stereocenters. The second-order valence-corrected chi connectivity index (χ2v) is 7.11. The first-order chi connectivity index (χ1) is 11.5. The van der Waals surface area contributed by atoms with Gasteiger partial charge in [0.25, 0.3) is 5.91 Å². The number of nitrogens with zero attached hydrogens (tertiary/aromatic N) is 2. The van der Waals surface area contributed by atoms with Crippen LogP contribution in [0.25, 0.3) is 0 Å². The molecule has 1 aromatic carbocycles. The Labute approximate surface area is 161 Å². The summed E-state index contributed by atoms with van der Waals surface area (Å²) in [6.45, 7) is 9.60. The molecule has 2 unspecified atom stereocenters. The van der Waals surface area contributed by atoms with Crippen molar-refractivity contribution < 1.29 is 9.53 Å². The lowest BCUT2D eigenvalue weighted by molar-refractivity contribution is -0.137. The Balaban J connectivity index is 0.00000225. The van der Waals surface area contributed by atoms with Gasteiger partial charge in [0.1, 0.15) is 5.75 Å². The fourth-order valence-electron chi connectivity index (χ4n) is 3.49. The molecule has 2 heterocycles. The molecule has 1 aromatic rings. The Morgan fingerprint density at radius 3 is 2.76 bits per heavy atom. The van der Waals surface area contributed by atoms with Crippen LogP contribution in [0.3, 0.4) is 0 Å². The van der Waals surface area contributed by atoms with Crippen molar-refractivity contribution in [3.05, 3.63) is 28.8 Å². The molecule has 25 heavy (non-hydrogen) atoms. The highest BCUT2D eigenvalue weighted by Crippen LogP contribution is 2.27. The summed E-state index contributed by atoms with van der Waals surface area (Å²) in [7, 11) is 0. The van der Waals surface area contributed by atoms with E-state index in [1.54, 1.807) is 13.0 Å². The smallest absolute Gasteiger partial charge is 0.263 e. The Kier molecular flexibility index (Phi) is 7.37. The summed E-state index contributed by atoms with van der Waals surface area (Å²) < 4.78 is 5.83.